The number of carbonyl (C=O) groups is 1. The lowest BCUT2D eigenvalue weighted by Crippen LogP contribution is -2.39. The first-order chi connectivity index (χ1) is 11.3. The third-order valence-corrected chi connectivity index (χ3v) is 4.11. The largest absolute Gasteiger partial charge is 0.348 e. The number of rotatable bonds is 3. The Labute approximate surface area is 132 Å². The molecule has 3 heterocycles. The number of fused-ring (bicyclic) bond motifs is 1. The van der Waals surface area contributed by atoms with Crippen LogP contribution in [0.3, 0.4) is 0 Å². The van der Waals surface area contributed by atoms with Gasteiger partial charge in [0, 0.05) is 24.4 Å². The molecule has 1 unspecified atom stereocenters. The second-order valence-electron chi connectivity index (χ2n) is 5.67. The molecule has 4 rings (SSSR count). The molecule has 1 amide bonds. The summed E-state index contributed by atoms with van der Waals surface area (Å²) in [4.78, 5) is 16.6. The zero-order valence-corrected chi connectivity index (χ0v) is 12.4. The van der Waals surface area contributed by atoms with Crippen LogP contribution in [0.2, 0.25) is 0 Å². The summed E-state index contributed by atoms with van der Waals surface area (Å²) in [6, 6.07) is 7.43. The highest BCUT2D eigenvalue weighted by molar-refractivity contribution is 5.93. The summed E-state index contributed by atoms with van der Waals surface area (Å²) in [5, 5.41) is 17.0. The summed E-state index contributed by atoms with van der Waals surface area (Å²) in [5.74, 6) is -0.146. The van der Waals surface area contributed by atoms with Crippen molar-refractivity contribution >= 4 is 5.91 Å². The SMILES string of the molecule is O=C(NC1CCc2cn[nH]c2C1)c1cc(-c2ccccn2)n[nH]1. The van der Waals surface area contributed by atoms with Crippen molar-refractivity contribution in [2.75, 3.05) is 0 Å². The first-order valence-electron chi connectivity index (χ1n) is 7.58. The van der Waals surface area contributed by atoms with E-state index in [2.05, 4.69) is 30.7 Å². The molecule has 0 fully saturated rings. The van der Waals surface area contributed by atoms with Crippen LogP contribution in [0.25, 0.3) is 11.4 Å². The molecule has 116 valence electrons. The number of aromatic amines is 2. The molecule has 23 heavy (non-hydrogen) atoms. The number of H-pyrrole nitrogens is 2. The van der Waals surface area contributed by atoms with Gasteiger partial charge in [-0.05, 0) is 36.6 Å². The number of aryl methyl sites for hydroxylation is 1. The molecule has 3 N–H and O–H groups in total. The van der Waals surface area contributed by atoms with Crippen LogP contribution in [0.4, 0.5) is 0 Å². The van der Waals surface area contributed by atoms with E-state index in [4.69, 9.17) is 0 Å². The van der Waals surface area contributed by atoms with E-state index in [9.17, 15) is 4.79 Å². The Hall–Kier alpha value is -2.96. The highest BCUT2D eigenvalue weighted by atomic mass is 16.2. The van der Waals surface area contributed by atoms with Crippen molar-refractivity contribution in [2.45, 2.75) is 25.3 Å². The van der Waals surface area contributed by atoms with Crippen molar-refractivity contribution in [1.29, 1.82) is 0 Å². The van der Waals surface area contributed by atoms with Crippen molar-refractivity contribution in [3.05, 3.63) is 53.6 Å². The number of hydrogen-bond donors (Lipinski definition) is 3. The van der Waals surface area contributed by atoms with Gasteiger partial charge in [0.15, 0.2) is 0 Å². The van der Waals surface area contributed by atoms with Gasteiger partial charge < -0.3 is 5.32 Å². The summed E-state index contributed by atoms with van der Waals surface area (Å²) in [6.45, 7) is 0. The predicted molar refractivity (Wildman–Crippen MR) is 83.7 cm³/mol. The average Bonchev–Trinajstić information content (AvgIpc) is 3.24. The van der Waals surface area contributed by atoms with E-state index < -0.39 is 0 Å². The maximum atomic E-state index is 12.4. The third-order valence-electron chi connectivity index (χ3n) is 4.11. The predicted octanol–water partition coefficient (Wildman–Crippen LogP) is 1.48. The van der Waals surface area contributed by atoms with Gasteiger partial charge in [-0.1, -0.05) is 6.07 Å². The summed E-state index contributed by atoms with van der Waals surface area (Å²) in [5.41, 5.74) is 4.20. The van der Waals surface area contributed by atoms with Crippen LogP contribution in [0, 0.1) is 0 Å². The van der Waals surface area contributed by atoms with Gasteiger partial charge in [-0.3, -0.25) is 20.0 Å². The summed E-state index contributed by atoms with van der Waals surface area (Å²) >= 11 is 0. The van der Waals surface area contributed by atoms with E-state index in [-0.39, 0.29) is 11.9 Å². The van der Waals surface area contributed by atoms with Crippen molar-refractivity contribution < 1.29 is 4.79 Å². The van der Waals surface area contributed by atoms with Gasteiger partial charge in [0.25, 0.3) is 5.91 Å². The second-order valence-corrected chi connectivity index (χ2v) is 5.67. The molecule has 1 aliphatic carbocycles. The smallest absolute Gasteiger partial charge is 0.269 e. The maximum Gasteiger partial charge on any atom is 0.269 e. The third kappa shape index (κ3) is 2.73. The normalized spacial score (nSPS) is 16.8. The molecule has 0 spiro atoms. The van der Waals surface area contributed by atoms with Crippen LogP contribution in [0.15, 0.2) is 36.7 Å². The Balaban J connectivity index is 1.45. The first-order valence-corrected chi connectivity index (χ1v) is 7.58. The molecule has 0 bridgehead atoms. The highest BCUT2D eigenvalue weighted by Crippen LogP contribution is 2.19. The van der Waals surface area contributed by atoms with Gasteiger partial charge in [0.1, 0.15) is 11.4 Å². The molecule has 0 radical (unpaired) electrons. The Kier molecular flexibility index (Phi) is 3.38. The van der Waals surface area contributed by atoms with E-state index in [1.807, 2.05) is 24.4 Å². The van der Waals surface area contributed by atoms with Gasteiger partial charge >= 0.3 is 0 Å². The quantitative estimate of drug-likeness (QED) is 0.682. The molecule has 7 nitrogen and oxygen atoms in total. The fraction of sp³-hybridized carbons (Fsp3) is 0.250. The van der Waals surface area contributed by atoms with Crippen LogP contribution in [-0.4, -0.2) is 37.3 Å². The van der Waals surface area contributed by atoms with E-state index in [1.54, 1.807) is 12.3 Å². The number of amides is 1. The molecule has 0 aliphatic heterocycles. The molecule has 0 saturated carbocycles. The summed E-state index contributed by atoms with van der Waals surface area (Å²) in [6.07, 6.45) is 6.19. The van der Waals surface area contributed by atoms with Crippen molar-refractivity contribution in [1.82, 2.24) is 30.7 Å². The van der Waals surface area contributed by atoms with Crippen LogP contribution >= 0.6 is 0 Å². The topological polar surface area (TPSA) is 99.3 Å². The van der Waals surface area contributed by atoms with Gasteiger partial charge in [0.2, 0.25) is 0 Å². The average molecular weight is 308 g/mol. The number of nitrogens with one attached hydrogen (secondary N) is 3. The summed E-state index contributed by atoms with van der Waals surface area (Å²) in [7, 11) is 0. The highest BCUT2D eigenvalue weighted by Gasteiger charge is 2.22. The van der Waals surface area contributed by atoms with Crippen LogP contribution < -0.4 is 5.32 Å². The fourth-order valence-electron chi connectivity index (χ4n) is 2.88. The standard InChI is InChI=1S/C16H16N6O/c23-16(19-11-5-4-10-9-18-20-13(10)7-11)15-8-14(21-22-15)12-3-1-2-6-17-12/h1-3,6,8-9,11H,4-5,7H2,(H,18,20)(H,19,23)(H,21,22). The minimum absolute atomic E-state index is 0.108. The van der Waals surface area contributed by atoms with Gasteiger partial charge in [-0.25, -0.2) is 0 Å². The van der Waals surface area contributed by atoms with Crippen LogP contribution in [0.1, 0.15) is 28.2 Å². The molecule has 0 saturated heterocycles. The molecule has 1 atom stereocenters. The minimum atomic E-state index is -0.146. The van der Waals surface area contributed by atoms with Crippen molar-refractivity contribution in [3.63, 3.8) is 0 Å². The van der Waals surface area contributed by atoms with Crippen LogP contribution in [0.5, 0.6) is 0 Å². The lowest BCUT2D eigenvalue weighted by atomic mass is 9.94. The molecule has 1 aliphatic rings. The zero-order chi connectivity index (χ0) is 15.6. The molecule has 3 aromatic rings. The number of nitrogens with zero attached hydrogens (tertiary/aromatic N) is 3. The van der Waals surface area contributed by atoms with Crippen LogP contribution in [-0.2, 0) is 12.8 Å². The lowest BCUT2D eigenvalue weighted by molar-refractivity contribution is 0.0928. The number of pyridine rings is 1. The van der Waals surface area contributed by atoms with E-state index in [1.165, 1.54) is 5.56 Å². The van der Waals surface area contributed by atoms with E-state index in [0.717, 1.165) is 30.7 Å². The van der Waals surface area contributed by atoms with Gasteiger partial charge in [-0.15, -0.1) is 0 Å². The van der Waals surface area contributed by atoms with Crippen molar-refractivity contribution in [3.8, 4) is 11.4 Å². The van der Waals surface area contributed by atoms with Gasteiger partial charge in [0.05, 0.1) is 11.9 Å². The van der Waals surface area contributed by atoms with Crippen molar-refractivity contribution in [2.24, 2.45) is 0 Å². The molecular formula is C16H16N6O. The first kappa shape index (κ1) is 13.7. The van der Waals surface area contributed by atoms with E-state index in [0.29, 0.717) is 11.4 Å². The Morgan fingerprint density at radius 1 is 1.26 bits per heavy atom. The maximum absolute atomic E-state index is 12.4. The molecular weight excluding hydrogens is 292 g/mol. The summed E-state index contributed by atoms with van der Waals surface area (Å²) < 4.78 is 0. The minimum Gasteiger partial charge on any atom is -0.348 e. The molecule has 3 aromatic heterocycles. The number of aromatic nitrogens is 5. The zero-order valence-electron chi connectivity index (χ0n) is 12.4. The Bertz CT molecular complexity index is 822. The molecule has 7 heteroatoms. The second kappa shape index (κ2) is 5.68. The lowest BCUT2D eigenvalue weighted by Gasteiger charge is -2.22. The molecule has 0 aromatic carbocycles. The fourth-order valence-corrected chi connectivity index (χ4v) is 2.88. The van der Waals surface area contributed by atoms with Gasteiger partial charge in [-0.2, -0.15) is 10.2 Å². The Morgan fingerprint density at radius 2 is 2.22 bits per heavy atom. The number of hydrogen-bond acceptors (Lipinski definition) is 4. The Morgan fingerprint density at radius 3 is 3.09 bits per heavy atom. The number of carbonyl (C=O) groups excluding carboxylic acids is 1. The monoisotopic (exact) mass is 308 g/mol. The van der Waals surface area contributed by atoms with E-state index >= 15 is 0 Å².